The van der Waals surface area contributed by atoms with Crippen LogP contribution < -0.4 is 0 Å². The van der Waals surface area contributed by atoms with Crippen LogP contribution in [0.1, 0.15) is 99.9 Å². The summed E-state index contributed by atoms with van der Waals surface area (Å²) < 4.78 is 0. The maximum Gasteiger partial charge on any atom is 0.0159 e. The Morgan fingerprint density at radius 2 is 0.534 bits per heavy atom. The van der Waals surface area contributed by atoms with Crippen molar-refractivity contribution in [1.29, 1.82) is 0 Å². The highest BCUT2D eigenvalue weighted by Gasteiger charge is 2.41. The van der Waals surface area contributed by atoms with Gasteiger partial charge in [-0.05, 0) is 146 Å². The van der Waals surface area contributed by atoms with Gasteiger partial charge in [0.05, 0.1) is 0 Å². The topological polar surface area (TPSA) is 0 Å². The summed E-state index contributed by atoms with van der Waals surface area (Å²) in [6, 6.07) is 56.4. The molecule has 0 aliphatic heterocycles. The Balaban J connectivity index is 0.958. The maximum absolute atomic E-state index is 2.49. The number of rotatable bonds is 2. The molecule has 0 heteroatoms. The van der Waals surface area contributed by atoms with Gasteiger partial charge < -0.3 is 0 Å². The van der Waals surface area contributed by atoms with Crippen LogP contribution in [-0.4, -0.2) is 0 Å². The van der Waals surface area contributed by atoms with Crippen molar-refractivity contribution in [2.45, 2.75) is 77.0 Å². The van der Waals surface area contributed by atoms with E-state index in [4.69, 9.17) is 0 Å². The van der Waals surface area contributed by atoms with Gasteiger partial charge in [0.25, 0.3) is 0 Å². The average Bonchev–Trinajstić information content (AvgIpc) is 3.80. The predicted molar refractivity (Wildman–Crippen MR) is 245 cm³/mol. The van der Waals surface area contributed by atoms with Gasteiger partial charge in [0.2, 0.25) is 0 Å². The quantitative estimate of drug-likeness (QED) is 0.165. The van der Waals surface area contributed by atoms with Crippen molar-refractivity contribution in [1.82, 2.24) is 0 Å². The Labute approximate surface area is 343 Å². The standard InChI is InChI=1S/C58H48/c1-55(2)45-15-11-9-13-37(45)39-21-17-33(29-49(39)55)35-19-23-43-51(31-35)57(5,6)47-27-25-42-41(53(43)47)26-28-48-54(42)44-24-20-36(32-52(44)58(48,7)8)34-18-22-40-38-14-10-12-16-46(38)56(3,4)50(40)30-34/h9-32H,1-8H3. The van der Waals surface area contributed by atoms with Gasteiger partial charge in [0, 0.05) is 21.7 Å². The molecule has 0 atom stereocenters. The summed E-state index contributed by atoms with van der Waals surface area (Å²) in [7, 11) is 0. The first-order valence-electron chi connectivity index (χ1n) is 21.2. The van der Waals surface area contributed by atoms with Gasteiger partial charge >= 0.3 is 0 Å². The Hall–Kier alpha value is -5.98. The predicted octanol–water partition coefficient (Wildman–Crippen LogP) is 15.4. The summed E-state index contributed by atoms with van der Waals surface area (Å²) in [6.45, 7) is 19.2. The van der Waals surface area contributed by atoms with Crippen molar-refractivity contribution in [2.75, 3.05) is 0 Å². The molecule has 0 N–H and O–H groups in total. The molecule has 0 heterocycles. The second-order valence-electron chi connectivity index (χ2n) is 19.7. The molecule has 8 aromatic carbocycles. The summed E-state index contributed by atoms with van der Waals surface area (Å²) in [5.74, 6) is 0. The lowest BCUT2D eigenvalue weighted by molar-refractivity contribution is 0.659. The second kappa shape index (κ2) is 10.9. The van der Waals surface area contributed by atoms with E-state index in [-0.39, 0.29) is 21.7 Å². The van der Waals surface area contributed by atoms with Gasteiger partial charge in [-0.15, -0.1) is 0 Å². The highest BCUT2D eigenvalue weighted by molar-refractivity contribution is 6.11. The lowest BCUT2D eigenvalue weighted by Gasteiger charge is -2.24. The minimum Gasteiger partial charge on any atom is -0.0619 e. The van der Waals surface area contributed by atoms with Crippen LogP contribution in [0, 0.1) is 0 Å². The highest BCUT2D eigenvalue weighted by Crippen LogP contribution is 2.58. The first-order chi connectivity index (χ1) is 27.8. The fourth-order valence-corrected chi connectivity index (χ4v) is 12.0. The lowest BCUT2D eigenvalue weighted by Crippen LogP contribution is -2.16. The molecule has 12 rings (SSSR count). The third-order valence-electron chi connectivity index (χ3n) is 15.3. The van der Waals surface area contributed by atoms with Crippen molar-refractivity contribution >= 4 is 10.8 Å². The van der Waals surface area contributed by atoms with E-state index in [2.05, 4.69) is 201 Å². The smallest absolute Gasteiger partial charge is 0.0159 e. The Bertz CT molecular complexity index is 2940. The van der Waals surface area contributed by atoms with Gasteiger partial charge in [-0.1, -0.05) is 177 Å². The third kappa shape index (κ3) is 4.16. The second-order valence-corrected chi connectivity index (χ2v) is 19.7. The zero-order valence-corrected chi connectivity index (χ0v) is 34.9. The van der Waals surface area contributed by atoms with E-state index >= 15 is 0 Å². The van der Waals surface area contributed by atoms with E-state index in [9.17, 15) is 0 Å². The number of fused-ring (bicyclic) bond motifs is 15. The summed E-state index contributed by atoms with van der Waals surface area (Å²) >= 11 is 0. The van der Waals surface area contributed by atoms with Crippen molar-refractivity contribution in [3.63, 3.8) is 0 Å². The number of hydrogen-bond donors (Lipinski definition) is 0. The Morgan fingerprint density at radius 3 is 0.914 bits per heavy atom. The summed E-state index contributed by atoms with van der Waals surface area (Å²) in [6.07, 6.45) is 0. The SMILES string of the molecule is CC1(C)c2ccccc2-c2ccc(-c3ccc4c(c3)C(C)(C)c3ccc5c6c(ccc5c3-4)C(C)(C)c3cc(-c4ccc5c(c4)C(C)(C)c4ccccc4-5)ccc3-6)cc21. The molecular weight excluding hydrogens is 697 g/mol. The molecule has 0 nitrogen and oxygen atoms in total. The van der Waals surface area contributed by atoms with E-state index in [1.807, 2.05) is 0 Å². The van der Waals surface area contributed by atoms with E-state index in [0.717, 1.165) is 0 Å². The molecule has 0 unspecified atom stereocenters. The molecule has 58 heavy (non-hydrogen) atoms. The van der Waals surface area contributed by atoms with Gasteiger partial charge in [-0.2, -0.15) is 0 Å². The van der Waals surface area contributed by atoms with Crippen LogP contribution in [0.25, 0.3) is 77.5 Å². The normalized spacial score (nSPS) is 17.2. The monoisotopic (exact) mass is 744 g/mol. The summed E-state index contributed by atoms with van der Waals surface area (Å²) in [5.41, 5.74) is 27.3. The fraction of sp³-hybridized carbons (Fsp3) is 0.207. The zero-order valence-electron chi connectivity index (χ0n) is 34.9. The Kier molecular flexibility index (Phi) is 6.43. The van der Waals surface area contributed by atoms with Crippen molar-refractivity contribution < 1.29 is 0 Å². The Morgan fingerprint density at radius 1 is 0.241 bits per heavy atom. The van der Waals surface area contributed by atoms with E-state index in [1.165, 1.54) is 122 Å². The molecule has 4 aliphatic rings. The first kappa shape index (κ1) is 34.1. The van der Waals surface area contributed by atoms with Crippen molar-refractivity contribution in [3.8, 4) is 66.8 Å². The number of benzene rings is 8. The molecule has 0 saturated heterocycles. The van der Waals surface area contributed by atoms with Crippen LogP contribution >= 0.6 is 0 Å². The molecular formula is C58H48. The lowest BCUT2D eigenvalue weighted by atomic mass is 9.79. The zero-order chi connectivity index (χ0) is 39.7. The van der Waals surface area contributed by atoms with Crippen LogP contribution in [0.3, 0.4) is 0 Å². The molecule has 8 aromatic rings. The van der Waals surface area contributed by atoms with Gasteiger partial charge in [0.1, 0.15) is 0 Å². The molecule has 0 aromatic heterocycles. The molecule has 4 aliphatic carbocycles. The fourth-order valence-electron chi connectivity index (χ4n) is 12.0. The first-order valence-corrected chi connectivity index (χ1v) is 21.2. The minimum atomic E-state index is -0.113. The van der Waals surface area contributed by atoms with Crippen LogP contribution in [0.2, 0.25) is 0 Å². The molecule has 0 saturated carbocycles. The number of hydrogen-bond acceptors (Lipinski definition) is 0. The van der Waals surface area contributed by atoms with Crippen LogP contribution in [0.4, 0.5) is 0 Å². The molecule has 0 bridgehead atoms. The highest BCUT2D eigenvalue weighted by atomic mass is 14.4. The van der Waals surface area contributed by atoms with Gasteiger partial charge in [-0.25, -0.2) is 0 Å². The molecule has 0 fully saturated rings. The van der Waals surface area contributed by atoms with Gasteiger partial charge in [-0.3, -0.25) is 0 Å². The van der Waals surface area contributed by atoms with Crippen LogP contribution in [0.15, 0.2) is 146 Å². The third-order valence-corrected chi connectivity index (χ3v) is 15.3. The van der Waals surface area contributed by atoms with Crippen molar-refractivity contribution in [2.24, 2.45) is 0 Å². The molecule has 0 spiro atoms. The van der Waals surface area contributed by atoms with E-state index in [1.54, 1.807) is 0 Å². The van der Waals surface area contributed by atoms with E-state index in [0.29, 0.717) is 0 Å². The summed E-state index contributed by atoms with van der Waals surface area (Å²) in [5, 5.41) is 2.72. The summed E-state index contributed by atoms with van der Waals surface area (Å²) in [4.78, 5) is 0. The van der Waals surface area contributed by atoms with Crippen LogP contribution in [0.5, 0.6) is 0 Å². The molecule has 0 amide bonds. The van der Waals surface area contributed by atoms with Gasteiger partial charge in [0.15, 0.2) is 0 Å². The van der Waals surface area contributed by atoms with E-state index < -0.39 is 0 Å². The maximum atomic E-state index is 2.49. The van der Waals surface area contributed by atoms with Crippen LogP contribution in [-0.2, 0) is 21.7 Å². The largest absolute Gasteiger partial charge is 0.0619 e. The van der Waals surface area contributed by atoms with Crippen molar-refractivity contribution in [3.05, 3.63) is 190 Å². The molecule has 0 radical (unpaired) electrons. The average molecular weight is 745 g/mol. The molecule has 280 valence electrons. The minimum absolute atomic E-state index is 0.0197.